The molecule has 1 fully saturated rings. The van der Waals surface area contributed by atoms with E-state index in [0.29, 0.717) is 11.6 Å². The van der Waals surface area contributed by atoms with Crippen LogP contribution in [0, 0.1) is 13.8 Å². The van der Waals surface area contributed by atoms with Crippen molar-refractivity contribution >= 4 is 28.9 Å². The largest absolute Gasteiger partial charge is 0.493 e. The molecular formula is C22H29ClN3O2+. The molecule has 0 radical (unpaired) electrons. The quantitative estimate of drug-likeness (QED) is 0.781. The Kier molecular flexibility index (Phi) is 6.81. The molecule has 0 bridgehead atoms. The van der Waals surface area contributed by atoms with Crippen molar-refractivity contribution in [1.82, 2.24) is 0 Å². The third-order valence-corrected chi connectivity index (χ3v) is 5.36. The van der Waals surface area contributed by atoms with Crippen molar-refractivity contribution in [3.63, 3.8) is 0 Å². The van der Waals surface area contributed by atoms with Crippen LogP contribution in [-0.4, -0.2) is 45.7 Å². The number of halogens is 1. The summed E-state index contributed by atoms with van der Waals surface area (Å²) in [6.45, 7) is 8.46. The van der Waals surface area contributed by atoms with E-state index in [2.05, 4.69) is 23.3 Å². The van der Waals surface area contributed by atoms with Crippen LogP contribution in [0.2, 0.25) is 5.02 Å². The summed E-state index contributed by atoms with van der Waals surface area (Å²) in [7, 11) is 2.21. The van der Waals surface area contributed by atoms with Crippen molar-refractivity contribution in [2.24, 2.45) is 0 Å². The molecule has 0 atom stereocenters. The molecule has 2 aromatic carbocycles. The summed E-state index contributed by atoms with van der Waals surface area (Å²) in [5.41, 5.74) is 4.01. The van der Waals surface area contributed by atoms with E-state index < -0.39 is 0 Å². The molecule has 150 valence electrons. The molecule has 1 heterocycles. The van der Waals surface area contributed by atoms with Crippen LogP contribution in [0.1, 0.15) is 17.5 Å². The number of likely N-dealkylation sites (N-methyl/N-ethyl adjacent to an activating group) is 1. The van der Waals surface area contributed by atoms with Crippen molar-refractivity contribution in [3.8, 4) is 5.75 Å². The predicted octanol–water partition coefficient (Wildman–Crippen LogP) is 2.70. The van der Waals surface area contributed by atoms with Gasteiger partial charge in [0.15, 0.2) is 0 Å². The summed E-state index contributed by atoms with van der Waals surface area (Å²) < 4.78 is 5.81. The molecule has 2 N–H and O–H groups in total. The lowest BCUT2D eigenvalue weighted by atomic mass is 10.1. The van der Waals surface area contributed by atoms with E-state index in [-0.39, 0.29) is 12.3 Å². The van der Waals surface area contributed by atoms with Gasteiger partial charge in [-0.2, -0.15) is 0 Å². The second-order valence-corrected chi connectivity index (χ2v) is 7.96. The summed E-state index contributed by atoms with van der Waals surface area (Å²) in [4.78, 5) is 16.3. The minimum Gasteiger partial charge on any atom is -0.493 e. The highest BCUT2D eigenvalue weighted by Crippen LogP contribution is 2.29. The van der Waals surface area contributed by atoms with Crippen molar-refractivity contribution in [2.45, 2.75) is 20.3 Å². The Bertz CT molecular complexity index is 833. The Morgan fingerprint density at radius 2 is 1.93 bits per heavy atom. The van der Waals surface area contributed by atoms with Crippen LogP contribution >= 0.6 is 11.6 Å². The van der Waals surface area contributed by atoms with E-state index in [1.807, 2.05) is 44.2 Å². The van der Waals surface area contributed by atoms with E-state index in [1.54, 1.807) is 0 Å². The number of carbonyl (C=O) groups is 1. The number of carbonyl (C=O) groups excluding carboxylic acids is 1. The molecule has 0 unspecified atom stereocenters. The molecule has 1 saturated heterocycles. The molecule has 5 nitrogen and oxygen atoms in total. The van der Waals surface area contributed by atoms with Crippen molar-refractivity contribution in [2.75, 3.05) is 50.1 Å². The summed E-state index contributed by atoms with van der Waals surface area (Å²) in [5, 5.41) is 3.64. The number of benzene rings is 2. The van der Waals surface area contributed by atoms with Gasteiger partial charge in [-0.3, -0.25) is 4.79 Å². The fraction of sp³-hybridized carbons (Fsp3) is 0.409. The Balaban J connectivity index is 1.60. The fourth-order valence-corrected chi connectivity index (χ4v) is 3.51. The van der Waals surface area contributed by atoms with Gasteiger partial charge in [0, 0.05) is 5.02 Å². The summed E-state index contributed by atoms with van der Waals surface area (Å²) in [6, 6.07) is 11.8. The maximum atomic E-state index is 12.5. The fourth-order valence-electron chi connectivity index (χ4n) is 3.34. The minimum absolute atomic E-state index is 0.0754. The van der Waals surface area contributed by atoms with Crippen molar-refractivity contribution in [3.05, 3.63) is 52.5 Å². The number of amides is 1. The zero-order valence-corrected chi connectivity index (χ0v) is 17.6. The summed E-state index contributed by atoms with van der Waals surface area (Å²) >= 11 is 6.18. The lowest BCUT2D eigenvalue weighted by molar-refractivity contribution is -0.880. The monoisotopic (exact) mass is 402 g/mol. The molecule has 0 aromatic heterocycles. The van der Waals surface area contributed by atoms with E-state index >= 15 is 0 Å². The lowest BCUT2D eigenvalue weighted by Crippen LogP contribution is -3.12. The SMILES string of the molecule is Cc1ccc(C)c(OCCC(=O)Nc2cc(Cl)ccc2N2CC[NH+](C)CC2)c1. The van der Waals surface area contributed by atoms with E-state index in [1.165, 1.54) is 4.90 Å². The van der Waals surface area contributed by atoms with Gasteiger partial charge in [-0.15, -0.1) is 0 Å². The normalized spacial score (nSPS) is 14.8. The van der Waals surface area contributed by atoms with E-state index in [4.69, 9.17) is 16.3 Å². The third kappa shape index (κ3) is 5.40. The number of aryl methyl sites for hydroxylation is 2. The highest BCUT2D eigenvalue weighted by molar-refractivity contribution is 6.31. The Labute approximate surface area is 172 Å². The van der Waals surface area contributed by atoms with E-state index in [9.17, 15) is 4.79 Å². The average Bonchev–Trinajstić information content (AvgIpc) is 2.66. The Morgan fingerprint density at radius 3 is 2.68 bits per heavy atom. The smallest absolute Gasteiger partial charge is 0.227 e. The highest BCUT2D eigenvalue weighted by Gasteiger charge is 2.20. The summed E-state index contributed by atoms with van der Waals surface area (Å²) in [5.74, 6) is 0.754. The Morgan fingerprint density at radius 1 is 1.18 bits per heavy atom. The molecule has 28 heavy (non-hydrogen) atoms. The van der Waals surface area contributed by atoms with Crippen LogP contribution in [0.25, 0.3) is 0 Å². The number of ether oxygens (including phenoxy) is 1. The van der Waals surface area contributed by atoms with Gasteiger partial charge in [0.2, 0.25) is 5.91 Å². The van der Waals surface area contributed by atoms with Crippen LogP contribution in [0.15, 0.2) is 36.4 Å². The molecule has 2 aromatic rings. The number of hydrogen-bond donors (Lipinski definition) is 2. The van der Waals surface area contributed by atoms with Crippen LogP contribution in [0.3, 0.4) is 0 Å². The maximum absolute atomic E-state index is 12.5. The molecule has 0 spiro atoms. The van der Waals surface area contributed by atoms with Gasteiger partial charge in [-0.05, 0) is 49.2 Å². The van der Waals surface area contributed by atoms with Crippen LogP contribution in [0.5, 0.6) is 5.75 Å². The summed E-state index contributed by atoms with van der Waals surface area (Å²) in [6.07, 6.45) is 0.284. The molecule has 6 heteroatoms. The van der Waals surface area contributed by atoms with Gasteiger partial charge in [-0.1, -0.05) is 23.7 Å². The van der Waals surface area contributed by atoms with Crippen LogP contribution in [0.4, 0.5) is 11.4 Å². The molecule has 1 amide bonds. The molecule has 1 aliphatic rings. The first-order chi connectivity index (χ1) is 13.4. The van der Waals surface area contributed by atoms with Crippen LogP contribution in [-0.2, 0) is 4.79 Å². The zero-order valence-electron chi connectivity index (χ0n) is 16.8. The molecule has 0 saturated carbocycles. The van der Waals surface area contributed by atoms with Gasteiger partial charge in [0.1, 0.15) is 5.75 Å². The number of quaternary nitrogens is 1. The highest BCUT2D eigenvalue weighted by atomic mass is 35.5. The van der Waals surface area contributed by atoms with Gasteiger partial charge in [-0.25, -0.2) is 0 Å². The number of anilines is 2. The maximum Gasteiger partial charge on any atom is 0.227 e. The first-order valence-corrected chi connectivity index (χ1v) is 10.2. The number of piperazine rings is 1. The first-order valence-electron chi connectivity index (χ1n) is 9.78. The second kappa shape index (κ2) is 9.30. The second-order valence-electron chi connectivity index (χ2n) is 7.52. The van der Waals surface area contributed by atoms with Crippen molar-refractivity contribution in [1.29, 1.82) is 0 Å². The first kappa shape index (κ1) is 20.5. The van der Waals surface area contributed by atoms with Crippen LogP contribution < -0.4 is 19.9 Å². The molecule has 0 aliphatic carbocycles. The molecule has 1 aliphatic heterocycles. The van der Waals surface area contributed by atoms with Gasteiger partial charge in [0.25, 0.3) is 0 Å². The lowest BCUT2D eigenvalue weighted by Gasteiger charge is -2.33. The number of nitrogens with one attached hydrogen (secondary N) is 2. The van der Waals surface area contributed by atoms with Gasteiger partial charge < -0.3 is 19.9 Å². The number of hydrogen-bond acceptors (Lipinski definition) is 3. The van der Waals surface area contributed by atoms with Gasteiger partial charge >= 0.3 is 0 Å². The third-order valence-electron chi connectivity index (χ3n) is 5.12. The Hall–Kier alpha value is -2.24. The molecule has 3 rings (SSSR count). The zero-order chi connectivity index (χ0) is 20.1. The standard InChI is InChI=1S/C22H28ClN3O2/c1-16-4-5-17(2)21(14-16)28-13-8-22(27)24-19-15-18(23)6-7-20(19)26-11-9-25(3)10-12-26/h4-7,14-15H,8-13H2,1-3H3,(H,24,27)/p+1. The van der Waals surface area contributed by atoms with Gasteiger partial charge in [0.05, 0.1) is 57.6 Å². The topological polar surface area (TPSA) is 46.0 Å². The minimum atomic E-state index is -0.0754. The predicted molar refractivity (Wildman–Crippen MR) is 115 cm³/mol. The number of rotatable bonds is 6. The molecular weight excluding hydrogens is 374 g/mol. The van der Waals surface area contributed by atoms with E-state index in [0.717, 1.165) is 54.4 Å². The number of nitrogens with zero attached hydrogens (tertiary/aromatic N) is 1. The van der Waals surface area contributed by atoms with Crippen molar-refractivity contribution < 1.29 is 14.4 Å². The average molecular weight is 403 g/mol.